The summed E-state index contributed by atoms with van der Waals surface area (Å²) in [5.41, 5.74) is 7.13. The molecule has 0 spiro atoms. The number of hydrazine groups is 1. The molecule has 0 atom stereocenters. The molecule has 0 unspecified atom stereocenters. The van der Waals surface area contributed by atoms with Gasteiger partial charge in [0.05, 0.1) is 11.4 Å². The van der Waals surface area contributed by atoms with E-state index in [1.54, 1.807) is 29.2 Å². The average molecular weight is 455 g/mol. The van der Waals surface area contributed by atoms with Crippen LogP contribution >= 0.6 is 11.3 Å². The van der Waals surface area contributed by atoms with Gasteiger partial charge in [0, 0.05) is 29.1 Å². The van der Waals surface area contributed by atoms with E-state index in [0.717, 1.165) is 37.8 Å². The fraction of sp³-hybridized carbons (Fsp3) is 0.391. The zero-order chi connectivity index (χ0) is 22.5. The highest BCUT2D eigenvalue weighted by Crippen LogP contribution is 2.28. The summed E-state index contributed by atoms with van der Waals surface area (Å²) in [5.74, 6) is -1.20. The molecule has 2 aliphatic rings. The highest BCUT2D eigenvalue weighted by molar-refractivity contribution is 7.14. The van der Waals surface area contributed by atoms with E-state index in [4.69, 9.17) is 0 Å². The Morgan fingerprint density at radius 1 is 0.906 bits per heavy atom. The van der Waals surface area contributed by atoms with Crippen molar-refractivity contribution < 1.29 is 19.2 Å². The van der Waals surface area contributed by atoms with Crippen LogP contribution in [0.3, 0.4) is 0 Å². The number of hydrogen-bond donors (Lipinski definition) is 3. The van der Waals surface area contributed by atoms with Gasteiger partial charge < -0.3 is 10.2 Å². The van der Waals surface area contributed by atoms with Gasteiger partial charge in [0.25, 0.3) is 17.7 Å². The van der Waals surface area contributed by atoms with Gasteiger partial charge in [-0.2, -0.15) is 0 Å². The van der Waals surface area contributed by atoms with Crippen molar-refractivity contribution in [2.45, 2.75) is 44.9 Å². The van der Waals surface area contributed by atoms with Crippen LogP contribution in [0.5, 0.6) is 0 Å². The number of hydrogen-bond acceptors (Lipinski definition) is 5. The molecule has 4 amide bonds. The van der Waals surface area contributed by atoms with Gasteiger partial charge in [-0.15, -0.1) is 11.3 Å². The summed E-state index contributed by atoms with van der Waals surface area (Å²) in [7, 11) is 0. The van der Waals surface area contributed by atoms with Crippen molar-refractivity contribution in [3.63, 3.8) is 0 Å². The number of rotatable bonds is 5. The summed E-state index contributed by atoms with van der Waals surface area (Å²) >= 11 is 1.48. The monoisotopic (exact) mass is 454 g/mol. The Bertz CT molecular complexity index is 1010. The normalized spacial score (nSPS) is 15.6. The highest BCUT2D eigenvalue weighted by Gasteiger charge is 2.22. The summed E-state index contributed by atoms with van der Waals surface area (Å²) < 4.78 is 0. The van der Waals surface area contributed by atoms with Crippen molar-refractivity contribution in [1.29, 1.82) is 0 Å². The van der Waals surface area contributed by atoms with Crippen LogP contribution in [0.2, 0.25) is 0 Å². The molecule has 0 saturated carbocycles. The van der Waals surface area contributed by atoms with Gasteiger partial charge in [0.15, 0.2) is 0 Å². The van der Waals surface area contributed by atoms with Gasteiger partial charge in [-0.05, 0) is 68.0 Å². The third-order valence-electron chi connectivity index (χ3n) is 5.71. The van der Waals surface area contributed by atoms with Crippen molar-refractivity contribution >= 4 is 40.7 Å². The molecule has 1 aromatic heterocycles. The summed E-state index contributed by atoms with van der Waals surface area (Å²) in [6.45, 7) is 0.413. The van der Waals surface area contributed by atoms with Crippen LogP contribution in [-0.4, -0.2) is 36.7 Å². The number of nitrogens with one attached hydrogen (secondary N) is 3. The van der Waals surface area contributed by atoms with Crippen LogP contribution in [0.25, 0.3) is 0 Å². The number of nitrogens with zero attached hydrogens (tertiary/aromatic N) is 1. The number of carbonyl (C=O) groups excluding carboxylic acids is 4. The van der Waals surface area contributed by atoms with Crippen LogP contribution < -0.4 is 21.1 Å². The molecule has 8 nitrogen and oxygen atoms in total. The van der Waals surface area contributed by atoms with Crippen LogP contribution in [-0.2, 0) is 22.4 Å². The summed E-state index contributed by atoms with van der Waals surface area (Å²) in [5, 5.41) is 2.53. The largest absolute Gasteiger partial charge is 0.343 e. The fourth-order valence-electron chi connectivity index (χ4n) is 3.99. The number of anilines is 1. The Hall–Kier alpha value is -3.20. The molecule has 2 heterocycles. The molecular formula is C23H26N4O4S. The molecule has 1 fully saturated rings. The minimum absolute atomic E-state index is 0.0825. The summed E-state index contributed by atoms with van der Waals surface area (Å²) in [4.78, 5) is 52.0. The summed E-state index contributed by atoms with van der Waals surface area (Å²) in [6, 6.07) is 8.60. The smallest absolute Gasteiger partial charge is 0.279 e. The Kier molecular flexibility index (Phi) is 6.84. The van der Waals surface area contributed by atoms with Gasteiger partial charge in [0.1, 0.15) is 0 Å². The van der Waals surface area contributed by atoms with Crippen molar-refractivity contribution in [2.24, 2.45) is 0 Å². The van der Waals surface area contributed by atoms with Gasteiger partial charge >= 0.3 is 0 Å². The van der Waals surface area contributed by atoms with E-state index < -0.39 is 11.8 Å². The third kappa shape index (κ3) is 5.16. The molecule has 3 N–H and O–H groups in total. The molecule has 1 saturated heterocycles. The molecule has 4 rings (SSSR count). The van der Waals surface area contributed by atoms with E-state index in [1.807, 2.05) is 6.07 Å². The maximum Gasteiger partial charge on any atom is 0.279 e. The van der Waals surface area contributed by atoms with E-state index in [9.17, 15) is 19.2 Å². The van der Waals surface area contributed by atoms with Crippen molar-refractivity contribution in [3.05, 3.63) is 51.2 Å². The first-order valence-corrected chi connectivity index (χ1v) is 11.7. The number of carbonyl (C=O) groups is 4. The molecule has 168 valence electrons. The predicted molar refractivity (Wildman–Crippen MR) is 122 cm³/mol. The number of thiophene rings is 1. The maximum absolute atomic E-state index is 12.3. The molecular weight excluding hydrogens is 428 g/mol. The van der Waals surface area contributed by atoms with Gasteiger partial charge in [-0.1, -0.05) is 6.42 Å². The lowest BCUT2D eigenvalue weighted by Gasteiger charge is -2.15. The number of benzene rings is 1. The molecule has 1 aromatic carbocycles. The quantitative estimate of drug-likeness (QED) is 0.476. The molecule has 1 aliphatic carbocycles. The fourth-order valence-corrected chi connectivity index (χ4v) is 5.14. The number of aryl methyl sites for hydroxylation is 2. The van der Waals surface area contributed by atoms with Crippen LogP contribution in [0, 0.1) is 0 Å². The molecule has 1 aliphatic heterocycles. The number of amides is 4. The minimum atomic E-state index is -0.524. The SMILES string of the molecule is O=C(CNC(=O)c1ccc(N2CCCC2=O)cc1)NNC(=O)c1cc2c(s1)CCCCC2. The van der Waals surface area contributed by atoms with Gasteiger partial charge in [-0.25, -0.2) is 0 Å². The molecule has 32 heavy (non-hydrogen) atoms. The summed E-state index contributed by atoms with van der Waals surface area (Å²) in [6.07, 6.45) is 6.87. The number of fused-ring (bicyclic) bond motifs is 1. The molecule has 9 heteroatoms. The molecule has 0 bridgehead atoms. The zero-order valence-corrected chi connectivity index (χ0v) is 18.6. The van der Waals surface area contributed by atoms with Crippen LogP contribution in [0.1, 0.15) is 62.6 Å². The Morgan fingerprint density at radius 3 is 2.44 bits per heavy atom. The van der Waals surface area contributed by atoms with E-state index >= 15 is 0 Å². The zero-order valence-electron chi connectivity index (χ0n) is 17.7. The minimum Gasteiger partial charge on any atom is -0.343 e. The first-order chi connectivity index (χ1) is 15.5. The van der Waals surface area contributed by atoms with Crippen molar-refractivity contribution in [3.8, 4) is 0 Å². The van der Waals surface area contributed by atoms with Crippen LogP contribution in [0.15, 0.2) is 30.3 Å². The second kappa shape index (κ2) is 9.95. The molecule has 2 aromatic rings. The lowest BCUT2D eigenvalue weighted by atomic mass is 10.1. The van der Waals surface area contributed by atoms with Gasteiger partial charge in [0.2, 0.25) is 5.91 Å². The van der Waals surface area contributed by atoms with Crippen molar-refractivity contribution in [1.82, 2.24) is 16.2 Å². The Balaban J connectivity index is 1.23. The predicted octanol–water partition coefficient (Wildman–Crippen LogP) is 2.33. The van der Waals surface area contributed by atoms with E-state index in [0.29, 0.717) is 23.4 Å². The lowest BCUT2D eigenvalue weighted by molar-refractivity contribution is -0.121. The van der Waals surface area contributed by atoms with Crippen LogP contribution in [0.4, 0.5) is 5.69 Å². The third-order valence-corrected chi connectivity index (χ3v) is 6.95. The van der Waals surface area contributed by atoms with E-state index in [-0.39, 0.29) is 18.4 Å². The second-order valence-corrected chi connectivity index (χ2v) is 9.14. The highest BCUT2D eigenvalue weighted by atomic mass is 32.1. The van der Waals surface area contributed by atoms with Gasteiger partial charge in [-0.3, -0.25) is 30.0 Å². The Morgan fingerprint density at radius 2 is 1.69 bits per heavy atom. The Labute approximate surface area is 190 Å². The maximum atomic E-state index is 12.3. The standard InChI is InChI=1S/C23H26N4O4S/c28-20(25-26-23(31)19-13-16-5-2-1-3-6-18(16)32-19)14-24-22(30)15-8-10-17(11-9-15)27-12-4-7-21(27)29/h8-11,13H,1-7,12,14H2,(H,24,30)(H,25,28)(H,26,31). The lowest BCUT2D eigenvalue weighted by Crippen LogP contribution is -2.46. The topological polar surface area (TPSA) is 108 Å². The first kappa shape index (κ1) is 22.0. The second-order valence-electron chi connectivity index (χ2n) is 8.00. The molecule has 0 radical (unpaired) electrons. The average Bonchev–Trinajstić information content (AvgIpc) is 3.35. The van der Waals surface area contributed by atoms with E-state index in [1.165, 1.54) is 28.2 Å². The van der Waals surface area contributed by atoms with Crippen molar-refractivity contribution in [2.75, 3.05) is 18.0 Å². The first-order valence-electron chi connectivity index (χ1n) is 10.9. The van der Waals surface area contributed by atoms with E-state index in [2.05, 4.69) is 16.2 Å².